The van der Waals surface area contributed by atoms with Gasteiger partial charge < -0.3 is 10.1 Å². The number of hydrogen-bond acceptors (Lipinski definition) is 4. The summed E-state index contributed by atoms with van der Waals surface area (Å²) in [5, 5.41) is 3.72. The molecule has 148 valence electrons. The van der Waals surface area contributed by atoms with E-state index in [1.54, 1.807) is 6.07 Å². The van der Waals surface area contributed by atoms with E-state index in [9.17, 15) is 9.59 Å². The van der Waals surface area contributed by atoms with Gasteiger partial charge in [0.1, 0.15) is 14.1 Å². The summed E-state index contributed by atoms with van der Waals surface area (Å²) in [7, 11) is -0.481. The second-order valence-electron chi connectivity index (χ2n) is 8.35. The zero-order valence-corrected chi connectivity index (χ0v) is 18.4. The van der Waals surface area contributed by atoms with E-state index in [4.69, 9.17) is 4.74 Å². The van der Waals surface area contributed by atoms with Crippen molar-refractivity contribution in [1.82, 2.24) is 10.3 Å². The lowest BCUT2D eigenvalue weighted by molar-refractivity contribution is -0.142. The van der Waals surface area contributed by atoms with Crippen LogP contribution < -0.4 is 5.32 Å². The normalized spacial score (nSPS) is 12.6. The van der Waals surface area contributed by atoms with Gasteiger partial charge in [-0.25, -0.2) is 4.79 Å². The van der Waals surface area contributed by atoms with Crippen LogP contribution in [0.25, 0.3) is 10.9 Å². The topological polar surface area (TPSA) is 68.3 Å². The van der Waals surface area contributed by atoms with Crippen LogP contribution in [-0.4, -0.2) is 38.1 Å². The first-order chi connectivity index (χ1) is 13.0. The van der Waals surface area contributed by atoms with Gasteiger partial charge in [0.2, 0.25) is 0 Å². The lowest BCUT2D eigenvalue weighted by Crippen LogP contribution is -2.41. The molecule has 5 nitrogen and oxygen atoms in total. The molecule has 0 saturated heterocycles. The van der Waals surface area contributed by atoms with Crippen LogP contribution in [0.2, 0.25) is 18.1 Å². The molecule has 0 spiro atoms. The summed E-state index contributed by atoms with van der Waals surface area (Å²) in [6.07, 6.45) is 1.72. The van der Waals surface area contributed by atoms with E-state index in [0.29, 0.717) is 5.56 Å². The number of aromatic nitrogens is 1. The van der Waals surface area contributed by atoms with Crippen molar-refractivity contribution < 1.29 is 14.3 Å². The van der Waals surface area contributed by atoms with E-state index < -0.39 is 20.1 Å². The number of ether oxygens (including phenoxy) is 1. The molecule has 2 aromatic rings. The minimum absolute atomic E-state index is 0.126. The first kappa shape index (κ1) is 21.6. The fourth-order valence-electron chi connectivity index (χ4n) is 2.33. The average Bonchev–Trinajstić information content (AvgIpc) is 2.65. The van der Waals surface area contributed by atoms with E-state index in [0.717, 1.165) is 10.9 Å². The standard InChI is InChI=1S/C22H28N2O3Si/c1-22(2,3)28(5,6)13-9-12-19(21(26)27-4)24-20(25)17-14-16-10-7-8-11-18(16)23-15-17/h7-8,10-11,14-15,19H,12H2,1-6H3,(H,24,25)/t19-/m1/s1. The summed E-state index contributed by atoms with van der Waals surface area (Å²) < 4.78 is 4.84. The van der Waals surface area contributed by atoms with E-state index in [2.05, 4.69) is 55.6 Å². The number of pyridine rings is 1. The Morgan fingerprint density at radius 3 is 2.57 bits per heavy atom. The van der Waals surface area contributed by atoms with Crippen LogP contribution in [0.5, 0.6) is 0 Å². The largest absolute Gasteiger partial charge is 0.467 e. The molecule has 1 N–H and O–H groups in total. The number of benzene rings is 1. The molecule has 0 fully saturated rings. The number of carbonyl (C=O) groups is 2. The number of nitrogens with one attached hydrogen (secondary N) is 1. The van der Waals surface area contributed by atoms with Crippen LogP contribution in [0.15, 0.2) is 36.5 Å². The summed E-state index contributed by atoms with van der Waals surface area (Å²) in [6, 6.07) is 8.49. The maximum absolute atomic E-state index is 12.6. The molecule has 0 aliphatic carbocycles. The molecule has 1 aromatic carbocycles. The predicted molar refractivity (Wildman–Crippen MR) is 115 cm³/mol. The first-order valence-electron chi connectivity index (χ1n) is 9.28. The number of para-hydroxylation sites is 1. The highest BCUT2D eigenvalue weighted by molar-refractivity contribution is 6.87. The van der Waals surface area contributed by atoms with Gasteiger partial charge in [-0.15, -0.1) is 11.5 Å². The predicted octanol–water partition coefficient (Wildman–Crippen LogP) is 3.95. The molecule has 0 radical (unpaired) electrons. The van der Waals surface area contributed by atoms with Crippen molar-refractivity contribution in [2.45, 2.75) is 51.4 Å². The number of carbonyl (C=O) groups excluding carboxylic acids is 2. The van der Waals surface area contributed by atoms with Gasteiger partial charge in [0, 0.05) is 18.0 Å². The molecule has 0 aliphatic heterocycles. The van der Waals surface area contributed by atoms with Crippen molar-refractivity contribution in [3.63, 3.8) is 0 Å². The van der Waals surface area contributed by atoms with Gasteiger partial charge in [0.15, 0.2) is 0 Å². The van der Waals surface area contributed by atoms with Gasteiger partial charge in [-0.1, -0.05) is 52.1 Å². The minimum Gasteiger partial charge on any atom is -0.467 e. The molecule has 6 heteroatoms. The SMILES string of the molecule is COC(=O)[C@@H](CC#C[Si](C)(C)C(C)(C)C)NC(=O)c1cnc2ccccc2c1. The van der Waals surface area contributed by atoms with Crippen LogP contribution in [-0.2, 0) is 9.53 Å². The van der Waals surface area contributed by atoms with Crippen LogP contribution >= 0.6 is 0 Å². The van der Waals surface area contributed by atoms with E-state index in [1.807, 2.05) is 24.3 Å². The van der Waals surface area contributed by atoms with Gasteiger partial charge >= 0.3 is 5.97 Å². The Bertz CT molecular complexity index is 936. The van der Waals surface area contributed by atoms with Crippen molar-refractivity contribution in [1.29, 1.82) is 0 Å². The fourth-order valence-corrected chi connectivity index (χ4v) is 3.25. The molecular formula is C22H28N2O3Si. The molecule has 1 atom stereocenters. The Balaban J connectivity index is 2.17. The van der Waals surface area contributed by atoms with E-state index >= 15 is 0 Å². The van der Waals surface area contributed by atoms with Crippen molar-refractivity contribution in [2.75, 3.05) is 7.11 Å². The number of nitrogens with zero attached hydrogens (tertiary/aromatic N) is 1. The summed E-state index contributed by atoms with van der Waals surface area (Å²) in [4.78, 5) is 29.1. The Hall–Kier alpha value is -2.65. The van der Waals surface area contributed by atoms with Crippen molar-refractivity contribution in [2.24, 2.45) is 0 Å². The van der Waals surface area contributed by atoms with Gasteiger partial charge in [0.05, 0.1) is 18.2 Å². The Labute approximate surface area is 167 Å². The summed E-state index contributed by atoms with van der Waals surface area (Å²) in [5.41, 5.74) is 4.57. The molecule has 1 aromatic heterocycles. The third-order valence-electron chi connectivity index (χ3n) is 5.23. The van der Waals surface area contributed by atoms with Crippen molar-refractivity contribution in [3.8, 4) is 11.5 Å². The summed E-state index contributed by atoms with van der Waals surface area (Å²) >= 11 is 0. The van der Waals surface area contributed by atoms with E-state index in [1.165, 1.54) is 13.3 Å². The van der Waals surface area contributed by atoms with Gasteiger partial charge in [-0.05, 0) is 17.2 Å². The second kappa shape index (κ2) is 8.57. The molecule has 1 heterocycles. The molecule has 0 aliphatic rings. The monoisotopic (exact) mass is 396 g/mol. The van der Waals surface area contributed by atoms with Crippen LogP contribution in [0.4, 0.5) is 0 Å². The quantitative estimate of drug-likeness (QED) is 0.483. The molecular weight excluding hydrogens is 368 g/mol. The first-order valence-corrected chi connectivity index (χ1v) is 12.3. The molecule has 2 rings (SSSR count). The van der Waals surface area contributed by atoms with Gasteiger partial charge in [0.25, 0.3) is 5.91 Å². The molecule has 0 unspecified atom stereocenters. The second-order valence-corrected chi connectivity index (χ2v) is 13.3. The fraction of sp³-hybridized carbons (Fsp3) is 0.409. The lowest BCUT2D eigenvalue weighted by atomic mass is 10.1. The van der Waals surface area contributed by atoms with Gasteiger partial charge in [-0.3, -0.25) is 9.78 Å². The number of amides is 1. The maximum atomic E-state index is 12.6. The number of esters is 1. The third kappa shape index (κ3) is 5.20. The van der Waals surface area contributed by atoms with Crippen molar-refractivity contribution >= 4 is 30.9 Å². The number of rotatable bonds is 4. The molecule has 1 amide bonds. The Morgan fingerprint density at radius 2 is 1.93 bits per heavy atom. The zero-order valence-electron chi connectivity index (χ0n) is 17.4. The van der Waals surface area contributed by atoms with Crippen LogP contribution in [0.3, 0.4) is 0 Å². The Kier molecular flexibility index (Phi) is 6.63. The zero-order chi connectivity index (χ0) is 20.9. The highest BCUT2D eigenvalue weighted by atomic mass is 28.3. The number of fused-ring (bicyclic) bond motifs is 1. The molecule has 0 bridgehead atoms. The number of methoxy groups -OCH3 is 1. The third-order valence-corrected chi connectivity index (χ3v) is 9.78. The summed E-state index contributed by atoms with van der Waals surface area (Å²) in [5.74, 6) is 2.23. The van der Waals surface area contributed by atoms with Crippen LogP contribution in [0.1, 0.15) is 37.6 Å². The molecule has 28 heavy (non-hydrogen) atoms. The van der Waals surface area contributed by atoms with Crippen LogP contribution in [0, 0.1) is 11.5 Å². The highest BCUT2D eigenvalue weighted by Gasteiger charge is 2.33. The van der Waals surface area contributed by atoms with Gasteiger partial charge in [-0.2, -0.15) is 0 Å². The molecule has 0 saturated carbocycles. The maximum Gasteiger partial charge on any atom is 0.329 e. The van der Waals surface area contributed by atoms with E-state index in [-0.39, 0.29) is 17.4 Å². The highest BCUT2D eigenvalue weighted by Crippen LogP contribution is 2.35. The lowest BCUT2D eigenvalue weighted by Gasteiger charge is -2.31. The number of hydrogen-bond donors (Lipinski definition) is 1. The summed E-state index contributed by atoms with van der Waals surface area (Å²) in [6.45, 7) is 10.9. The van der Waals surface area contributed by atoms with Crippen molar-refractivity contribution in [3.05, 3.63) is 42.1 Å². The average molecular weight is 397 g/mol. The minimum atomic E-state index is -1.79. The smallest absolute Gasteiger partial charge is 0.329 e. The Morgan fingerprint density at radius 1 is 1.25 bits per heavy atom.